The summed E-state index contributed by atoms with van der Waals surface area (Å²) >= 11 is 0. The lowest BCUT2D eigenvalue weighted by atomic mass is 9.95. The fourth-order valence-electron chi connectivity index (χ4n) is 2.65. The molecule has 0 aromatic heterocycles. The molecule has 20 heavy (non-hydrogen) atoms. The molecular formula is C18H37NO. The third-order valence-corrected chi connectivity index (χ3v) is 3.98. The summed E-state index contributed by atoms with van der Waals surface area (Å²) in [6.45, 7) is 9.83. The van der Waals surface area contributed by atoms with Gasteiger partial charge in [0.25, 0.3) is 0 Å². The number of hydrogen-bond acceptors (Lipinski definition) is 1. The van der Waals surface area contributed by atoms with Crippen LogP contribution in [0.3, 0.4) is 0 Å². The Kier molecular flexibility index (Phi) is 13.1. The zero-order chi connectivity index (χ0) is 15.2. The van der Waals surface area contributed by atoms with Gasteiger partial charge in [0.1, 0.15) is 0 Å². The van der Waals surface area contributed by atoms with Crippen molar-refractivity contribution in [3.05, 3.63) is 0 Å². The van der Waals surface area contributed by atoms with E-state index in [4.69, 9.17) is 0 Å². The Balaban J connectivity index is 3.48. The number of carbonyl (C=O) groups is 1. The molecule has 0 saturated carbocycles. The zero-order valence-electron chi connectivity index (χ0n) is 14.3. The van der Waals surface area contributed by atoms with Crippen molar-refractivity contribution in [2.24, 2.45) is 11.8 Å². The van der Waals surface area contributed by atoms with Crippen LogP contribution in [0.15, 0.2) is 0 Å². The molecule has 0 aromatic carbocycles. The lowest BCUT2D eigenvalue weighted by Crippen LogP contribution is -2.29. The van der Waals surface area contributed by atoms with E-state index in [1.807, 2.05) is 0 Å². The van der Waals surface area contributed by atoms with Gasteiger partial charge in [0.2, 0.25) is 5.91 Å². The second-order valence-corrected chi connectivity index (χ2v) is 6.58. The first-order chi connectivity index (χ1) is 9.60. The zero-order valence-corrected chi connectivity index (χ0v) is 14.3. The Hall–Kier alpha value is -0.530. The smallest absolute Gasteiger partial charge is 0.220 e. The summed E-state index contributed by atoms with van der Waals surface area (Å²) in [4.78, 5) is 11.8. The van der Waals surface area contributed by atoms with E-state index in [1.54, 1.807) is 0 Å². The predicted octanol–water partition coefficient (Wildman–Crippen LogP) is 5.32. The number of carbonyl (C=O) groups excluding carboxylic acids is 1. The first-order valence-electron chi connectivity index (χ1n) is 8.86. The maximum atomic E-state index is 11.8. The van der Waals surface area contributed by atoms with E-state index < -0.39 is 0 Å². The van der Waals surface area contributed by atoms with Crippen molar-refractivity contribution in [1.82, 2.24) is 5.32 Å². The molecular weight excluding hydrogens is 246 g/mol. The first-order valence-corrected chi connectivity index (χ1v) is 8.86. The lowest BCUT2D eigenvalue weighted by molar-refractivity contribution is -0.121. The molecule has 0 spiro atoms. The highest BCUT2D eigenvalue weighted by Crippen LogP contribution is 2.14. The van der Waals surface area contributed by atoms with Gasteiger partial charge in [-0.25, -0.2) is 0 Å². The van der Waals surface area contributed by atoms with Gasteiger partial charge < -0.3 is 5.32 Å². The van der Waals surface area contributed by atoms with E-state index in [0.717, 1.165) is 25.3 Å². The Morgan fingerprint density at radius 2 is 1.55 bits per heavy atom. The third kappa shape index (κ3) is 12.5. The van der Waals surface area contributed by atoms with E-state index in [2.05, 4.69) is 33.0 Å². The van der Waals surface area contributed by atoms with Crippen LogP contribution in [0.25, 0.3) is 0 Å². The number of hydrogen-bond donors (Lipinski definition) is 1. The van der Waals surface area contributed by atoms with Crippen molar-refractivity contribution in [3.8, 4) is 0 Å². The molecule has 1 amide bonds. The predicted molar refractivity (Wildman–Crippen MR) is 88.9 cm³/mol. The molecule has 0 aliphatic carbocycles. The summed E-state index contributed by atoms with van der Waals surface area (Å²) in [5, 5.41) is 3.11. The fraction of sp³-hybridized carbons (Fsp3) is 0.944. The fourth-order valence-corrected chi connectivity index (χ4v) is 2.65. The molecule has 0 aromatic rings. The maximum Gasteiger partial charge on any atom is 0.220 e. The van der Waals surface area contributed by atoms with E-state index >= 15 is 0 Å². The maximum absolute atomic E-state index is 11.8. The van der Waals surface area contributed by atoms with Crippen LogP contribution in [-0.4, -0.2) is 12.5 Å². The van der Waals surface area contributed by atoms with Crippen molar-refractivity contribution in [1.29, 1.82) is 0 Å². The Morgan fingerprint density at radius 3 is 2.10 bits per heavy atom. The topological polar surface area (TPSA) is 29.1 Å². The van der Waals surface area contributed by atoms with Crippen LogP contribution in [0, 0.1) is 11.8 Å². The number of unbranched alkanes of at least 4 members (excludes halogenated alkanes) is 6. The second kappa shape index (κ2) is 13.5. The number of amides is 1. The largest absolute Gasteiger partial charge is 0.356 e. The van der Waals surface area contributed by atoms with Crippen molar-refractivity contribution in [2.45, 2.75) is 91.9 Å². The summed E-state index contributed by atoms with van der Waals surface area (Å²) in [7, 11) is 0. The molecule has 2 heteroatoms. The number of rotatable bonds is 13. The van der Waals surface area contributed by atoms with Crippen molar-refractivity contribution < 1.29 is 4.79 Å². The third-order valence-electron chi connectivity index (χ3n) is 3.98. The van der Waals surface area contributed by atoms with Crippen molar-refractivity contribution in [2.75, 3.05) is 6.54 Å². The highest BCUT2D eigenvalue weighted by Gasteiger charge is 2.10. The van der Waals surface area contributed by atoms with Crippen LogP contribution < -0.4 is 5.32 Å². The standard InChI is InChI=1S/C18H37NO/c1-5-7-8-9-10-11-12-13-18(20)19-15-17(6-2)14-16(3)4/h16-17H,5-15H2,1-4H3,(H,19,20)/t17-/m1/s1. The summed E-state index contributed by atoms with van der Waals surface area (Å²) in [6.07, 6.45) is 12.0. The van der Waals surface area contributed by atoms with E-state index in [-0.39, 0.29) is 5.91 Å². The molecule has 0 saturated heterocycles. The van der Waals surface area contributed by atoms with Crippen molar-refractivity contribution >= 4 is 5.91 Å². The molecule has 1 N–H and O–H groups in total. The monoisotopic (exact) mass is 283 g/mol. The summed E-state index contributed by atoms with van der Waals surface area (Å²) in [5.41, 5.74) is 0. The molecule has 2 nitrogen and oxygen atoms in total. The van der Waals surface area contributed by atoms with Gasteiger partial charge >= 0.3 is 0 Å². The van der Waals surface area contributed by atoms with Crippen molar-refractivity contribution in [3.63, 3.8) is 0 Å². The van der Waals surface area contributed by atoms with Crippen LogP contribution in [-0.2, 0) is 4.79 Å². The molecule has 0 radical (unpaired) electrons. The van der Waals surface area contributed by atoms with Gasteiger partial charge in [-0.05, 0) is 24.7 Å². The Morgan fingerprint density at radius 1 is 0.950 bits per heavy atom. The molecule has 0 heterocycles. The first kappa shape index (κ1) is 19.5. The minimum absolute atomic E-state index is 0.251. The summed E-state index contributed by atoms with van der Waals surface area (Å²) in [6, 6.07) is 0. The van der Waals surface area contributed by atoms with Crippen LogP contribution in [0.2, 0.25) is 0 Å². The molecule has 0 fully saturated rings. The average Bonchev–Trinajstić information content (AvgIpc) is 2.42. The van der Waals surface area contributed by atoms with Gasteiger partial charge in [0.05, 0.1) is 0 Å². The highest BCUT2D eigenvalue weighted by atomic mass is 16.1. The van der Waals surface area contributed by atoms with Crippen LogP contribution in [0.4, 0.5) is 0 Å². The molecule has 0 aliphatic heterocycles. The van der Waals surface area contributed by atoms with Gasteiger partial charge in [-0.3, -0.25) is 4.79 Å². The SMILES string of the molecule is CCCCCCCCCC(=O)NC[C@H](CC)CC(C)C. The van der Waals surface area contributed by atoms with Crippen LogP contribution >= 0.6 is 0 Å². The Labute approximate surface area is 127 Å². The molecule has 0 aliphatic rings. The highest BCUT2D eigenvalue weighted by molar-refractivity contribution is 5.75. The van der Waals surface area contributed by atoms with Gasteiger partial charge in [-0.1, -0.05) is 72.6 Å². The number of nitrogens with one attached hydrogen (secondary N) is 1. The lowest BCUT2D eigenvalue weighted by Gasteiger charge is -2.17. The van der Waals surface area contributed by atoms with E-state index in [1.165, 1.54) is 44.9 Å². The quantitative estimate of drug-likeness (QED) is 0.456. The normalized spacial score (nSPS) is 12.7. The van der Waals surface area contributed by atoms with Gasteiger partial charge in [0, 0.05) is 13.0 Å². The van der Waals surface area contributed by atoms with Crippen LogP contribution in [0.1, 0.15) is 91.9 Å². The van der Waals surface area contributed by atoms with E-state index in [9.17, 15) is 4.79 Å². The Bertz CT molecular complexity index is 225. The van der Waals surface area contributed by atoms with E-state index in [0.29, 0.717) is 12.3 Å². The summed E-state index contributed by atoms with van der Waals surface area (Å²) in [5.74, 6) is 1.62. The van der Waals surface area contributed by atoms with Gasteiger partial charge in [-0.15, -0.1) is 0 Å². The minimum atomic E-state index is 0.251. The van der Waals surface area contributed by atoms with Gasteiger partial charge in [-0.2, -0.15) is 0 Å². The summed E-state index contributed by atoms with van der Waals surface area (Å²) < 4.78 is 0. The van der Waals surface area contributed by atoms with Crippen LogP contribution in [0.5, 0.6) is 0 Å². The molecule has 120 valence electrons. The minimum Gasteiger partial charge on any atom is -0.356 e. The average molecular weight is 284 g/mol. The molecule has 0 unspecified atom stereocenters. The molecule has 0 bridgehead atoms. The molecule has 0 rings (SSSR count). The second-order valence-electron chi connectivity index (χ2n) is 6.58. The molecule has 1 atom stereocenters. The van der Waals surface area contributed by atoms with Gasteiger partial charge in [0.15, 0.2) is 0 Å².